The van der Waals surface area contributed by atoms with Crippen LogP contribution in [0.2, 0.25) is 5.28 Å². The van der Waals surface area contributed by atoms with Gasteiger partial charge in [-0.2, -0.15) is 0 Å². The van der Waals surface area contributed by atoms with Gasteiger partial charge in [-0.05, 0) is 28.4 Å². The molecule has 0 atom stereocenters. The molecule has 0 unspecified atom stereocenters. The Morgan fingerprint density at radius 2 is 2.27 bits per heavy atom. The molecule has 5 heteroatoms. The van der Waals surface area contributed by atoms with Crippen LogP contribution >= 0.6 is 11.6 Å². The largest absolute Gasteiger partial charge is 0.243 e. The van der Waals surface area contributed by atoms with Crippen LogP contribution in [0.1, 0.15) is 26.2 Å². The van der Waals surface area contributed by atoms with Gasteiger partial charge in [0.1, 0.15) is 0 Å². The number of tetrazole rings is 1. The standard InChI is InChI=1S/C6H11ClN4/c1-2-3-4-5-11-6(7)8-9-10-11/h2-5H2,1H3. The summed E-state index contributed by atoms with van der Waals surface area (Å²) in [5.74, 6) is 0. The highest BCUT2D eigenvalue weighted by molar-refractivity contribution is 6.28. The maximum absolute atomic E-state index is 5.65. The Morgan fingerprint density at radius 1 is 1.45 bits per heavy atom. The van der Waals surface area contributed by atoms with Crippen LogP contribution in [-0.4, -0.2) is 20.2 Å². The van der Waals surface area contributed by atoms with E-state index >= 15 is 0 Å². The molecule has 0 bridgehead atoms. The van der Waals surface area contributed by atoms with Gasteiger partial charge in [-0.15, -0.1) is 0 Å². The van der Waals surface area contributed by atoms with E-state index in [1.807, 2.05) is 0 Å². The van der Waals surface area contributed by atoms with Crippen molar-refractivity contribution in [3.63, 3.8) is 0 Å². The van der Waals surface area contributed by atoms with Gasteiger partial charge >= 0.3 is 0 Å². The van der Waals surface area contributed by atoms with Crippen molar-refractivity contribution < 1.29 is 0 Å². The Hall–Kier alpha value is -0.640. The highest BCUT2D eigenvalue weighted by Gasteiger charge is 1.99. The van der Waals surface area contributed by atoms with Crippen molar-refractivity contribution in [2.45, 2.75) is 32.7 Å². The zero-order valence-electron chi connectivity index (χ0n) is 6.50. The molecule has 0 N–H and O–H groups in total. The maximum Gasteiger partial charge on any atom is 0.243 e. The Balaban J connectivity index is 2.32. The van der Waals surface area contributed by atoms with Crippen LogP contribution in [-0.2, 0) is 6.54 Å². The van der Waals surface area contributed by atoms with Gasteiger partial charge in [0, 0.05) is 6.54 Å². The molecule has 0 aromatic carbocycles. The third-order valence-corrected chi connectivity index (χ3v) is 1.73. The minimum Gasteiger partial charge on any atom is -0.216 e. The van der Waals surface area contributed by atoms with Crippen LogP contribution in [0, 0.1) is 0 Å². The predicted molar refractivity (Wildman–Crippen MR) is 42.4 cm³/mol. The lowest BCUT2D eigenvalue weighted by atomic mass is 10.2. The molecule has 0 aliphatic heterocycles. The normalized spacial score (nSPS) is 10.4. The molecule has 0 aliphatic carbocycles. The first-order chi connectivity index (χ1) is 5.34. The molecule has 0 amide bonds. The summed E-state index contributed by atoms with van der Waals surface area (Å²) in [6.45, 7) is 2.97. The number of rotatable bonds is 4. The monoisotopic (exact) mass is 174 g/mol. The smallest absolute Gasteiger partial charge is 0.216 e. The van der Waals surface area contributed by atoms with E-state index in [-0.39, 0.29) is 0 Å². The lowest BCUT2D eigenvalue weighted by Crippen LogP contribution is -2.00. The zero-order chi connectivity index (χ0) is 8.10. The molecule has 11 heavy (non-hydrogen) atoms. The summed E-state index contributed by atoms with van der Waals surface area (Å²) in [6.07, 6.45) is 3.47. The predicted octanol–water partition coefficient (Wildman–Crippen LogP) is 1.52. The lowest BCUT2D eigenvalue weighted by Gasteiger charge is -1.97. The van der Waals surface area contributed by atoms with E-state index < -0.39 is 0 Å². The second-order valence-electron chi connectivity index (χ2n) is 2.38. The molecule has 4 nitrogen and oxygen atoms in total. The van der Waals surface area contributed by atoms with Crippen molar-refractivity contribution in [3.8, 4) is 0 Å². The molecule has 0 spiro atoms. The minimum atomic E-state index is 0.376. The van der Waals surface area contributed by atoms with E-state index in [2.05, 4.69) is 22.4 Å². The molecule has 0 fully saturated rings. The van der Waals surface area contributed by atoms with E-state index in [9.17, 15) is 0 Å². The molecule has 1 aromatic rings. The van der Waals surface area contributed by atoms with Gasteiger partial charge in [0.05, 0.1) is 0 Å². The van der Waals surface area contributed by atoms with Crippen LogP contribution < -0.4 is 0 Å². The fourth-order valence-electron chi connectivity index (χ4n) is 0.842. The van der Waals surface area contributed by atoms with Gasteiger partial charge in [-0.25, -0.2) is 4.68 Å². The Morgan fingerprint density at radius 3 is 2.82 bits per heavy atom. The van der Waals surface area contributed by atoms with E-state index in [1.165, 1.54) is 12.8 Å². The van der Waals surface area contributed by atoms with Crippen LogP contribution in [0.15, 0.2) is 0 Å². The molecule has 1 rings (SSSR count). The summed E-state index contributed by atoms with van der Waals surface area (Å²) < 4.78 is 1.61. The number of nitrogens with zero attached hydrogens (tertiary/aromatic N) is 4. The zero-order valence-corrected chi connectivity index (χ0v) is 7.25. The maximum atomic E-state index is 5.65. The topological polar surface area (TPSA) is 43.6 Å². The first-order valence-electron chi connectivity index (χ1n) is 3.76. The van der Waals surface area contributed by atoms with Crippen molar-refractivity contribution in [1.82, 2.24) is 20.2 Å². The van der Waals surface area contributed by atoms with Crippen molar-refractivity contribution in [2.75, 3.05) is 0 Å². The molecule has 1 heterocycles. The van der Waals surface area contributed by atoms with Gasteiger partial charge in [0.15, 0.2) is 0 Å². The molecule has 62 valence electrons. The van der Waals surface area contributed by atoms with Crippen molar-refractivity contribution in [3.05, 3.63) is 5.28 Å². The second-order valence-corrected chi connectivity index (χ2v) is 2.72. The second kappa shape index (κ2) is 4.28. The van der Waals surface area contributed by atoms with Crippen molar-refractivity contribution in [1.29, 1.82) is 0 Å². The molecular formula is C6H11ClN4. The summed E-state index contributed by atoms with van der Waals surface area (Å²) >= 11 is 5.65. The fraction of sp³-hybridized carbons (Fsp3) is 0.833. The number of hydrogen-bond acceptors (Lipinski definition) is 3. The highest BCUT2D eigenvalue weighted by Crippen LogP contribution is 2.03. The first kappa shape index (κ1) is 8.46. The number of unbranched alkanes of at least 4 members (excludes halogenated alkanes) is 2. The third-order valence-electron chi connectivity index (χ3n) is 1.46. The van der Waals surface area contributed by atoms with E-state index in [0.29, 0.717) is 5.28 Å². The molecule has 1 aromatic heterocycles. The molecular weight excluding hydrogens is 164 g/mol. The SMILES string of the molecule is CCCCCn1nnnc1Cl. The summed E-state index contributed by atoms with van der Waals surface area (Å²) in [4.78, 5) is 0. The van der Waals surface area contributed by atoms with Crippen molar-refractivity contribution in [2.24, 2.45) is 0 Å². The van der Waals surface area contributed by atoms with Gasteiger partial charge < -0.3 is 0 Å². The quantitative estimate of drug-likeness (QED) is 0.650. The van der Waals surface area contributed by atoms with Crippen LogP contribution in [0.25, 0.3) is 0 Å². The molecule has 0 saturated heterocycles. The number of hydrogen-bond donors (Lipinski definition) is 0. The average molecular weight is 175 g/mol. The number of aromatic nitrogens is 4. The summed E-state index contributed by atoms with van der Waals surface area (Å²) in [5, 5.41) is 11.1. The Bertz CT molecular complexity index is 210. The van der Waals surface area contributed by atoms with E-state index in [1.54, 1.807) is 4.68 Å². The van der Waals surface area contributed by atoms with Gasteiger partial charge in [-0.3, -0.25) is 0 Å². The van der Waals surface area contributed by atoms with E-state index in [0.717, 1.165) is 13.0 Å². The molecule has 0 radical (unpaired) electrons. The average Bonchev–Trinajstić information content (AvgIpc) is 2.37. The fourth-order valence-corrected chi connectivity index (χ4v) is 0.994. The highest BCUT2D eigenvalue weighted by atomic mass is 35.5. The van der Waals surface area contributed by atoms with E-state index in [4.69, 9.17) is 11.6 Å². The van der Waals surface area contributed by atoms with Gasteiger partial charge in [0.25, 0.3) is 0 Å². The summed E-state index contributed by atoms with van der Waals surface area (Å²) in [5.41, 5.74) is 0. The first-order valence-corrected chi connectivity index (χ1v) is 4.14. The van der Waals surface area contributed by atoms with Crippen LogP contribution in [0.5, 0.6) is 0 Å². The van der Waals surface area contributed by atoms with Crippen LogP contribution in [0.3, 0.4) is 0 Å². The Labute approximate surface area is 70.5 Å². The third kappa shape index (κ3) is 2.46. The minimum absolute atomic E-state index is 0.376. The van der Waals surface area contributed by atoms with Gasteiger partial charge in [-0.1, -0.05) is 24.9 Å². The van der Waals surface area contributed by atoms with Crippen molar-refractivity contribution >= 4 is 11.6 Å². The summed E-state index contributed by atoms with van der Waals surface area (Å²) in [7, 11) is 0. The lowest BCUT2D eigenvalue weighted by molar-refractivity contribution is 0.538. The number of aryl methyl sites for hydroxylation is 1. The summed E-state index contributed by atoms with van der Waals surface area (Å²) in [6, 6.07) is 0. The molecule has 0 aliphatic rings. The molecule has 0 saturated carbocycles. The van der Waals surface area contributed by atoms with Crippen LogP contribution in [0.4, 0.5) is 0 Å². The Kier molecular flexibility index (Phi) is 3.29. The van der Waals surface area contributed by atoms with Gasteiger partial charge in [0.2, 0.25) is 5.28 Å². The number of halogens is 1.